The summed E-state index contributed by atoms with van der Waals surface area (Å²) in [5, 5.41) is 12.9. The van der Waals surface area contributed by atoms with Crippen LogP contribution < -0.4 is 5.32 Å². The second kappa shape index (κ2) is 9.42. The van der Waals surface area contributed by atoms with E-state index in [0.717, 1.165) is 50.5 Å². The highest BCUT2D eigenvalue weighted by atomic mass is 35.5. The van der Waals surface area contributed by atoms with Crippen LogP contribution in [0.4, 0.5) is 4.79 Å². The van der Waals surface area contributed by atoms with Crippen LogP contribution in [0.25, 0.3) is 0 Å². The van der Waals surface area contributed by atoms with E-state index in [4.69, 9.17) is 16.7 Å². The molecule has 2 amide bonds. The lowest BCUT2D eigenvalue weighted by Crippen LogP contribution is -2.47. The molecule has 0 unspecified atom stereocenters. The average molecular weight is 394 g/mol. The standard InChI is InChI=1S/C20H28ClN3O3/c21-17-6-2-15(3-7-17)14-23-10-1-11-24(13-12-23)20(27)22-18-8-4-16(5-9-18)19(25)26/h2-3,6-7,16,18H,1,4-5,8-14H2,(H,22,27)(H,25,26). The highest BCUT2D eigenvalue weighted by Gasteiger charge is 2.28. The lowest BCUT2D eigenvalue weighted by Gasteiger charge is -2.29. The van der Waals surface area contributed by atoms with Gasteiger partial charge in [-0.15, -0.1) is 0 Å². The molecule has 6 nitrogen and oxygen atoms in total. The van der Waals surface area contributed by atoms with Crippen molar-refractivity contribution in [2.45, 2.75) is 44.7 Å². The van der Waals surface area contributed by atoms with Crippen molar-refractivity contribution in [3.8, 4) is 0 Å². The van der Waals surface area contributed by atoms with E-state index < -0.39 is 5.97 Å². The zero-order valence-corrected chi connectivity index (χ0v) is 16.3. The quantitative estimate of drug-likeness (QED) is 0.823. The first-order valence-corrected chi connectivity index (χ1v) is 10.1. The van der Waals surface area contributed by atoms with Crippen molar-refractivity contribution in [2.24, 2.45) is 5.92 Å². The topological polar surface area (TPSA) is 72.9 Å². The summed E-state index contributed by atoms with van der Waals surface area (Å²) in [6, 6.07) is 8.00. The fourth-order valence-corrected chi connectivity index (χ4v) is 4.06. The van der Waals surface area contributed by atoms with Gasteiger partial charge < -0.3 is 15.3 Å². The molecule has 1 aromatic carbocycles. The molecule has 1 aromatic rings. The lowest BCUT2D eigenvalue weighted by atomic mass is 9.86. The molecule has 0 spiro atoms. The molecule has 0 radical (unpaired) electrons. The van der Waals surface area contributed by atoms with E-state index in [-0.39, 0.29) is 18.0 Å². The number of aliphatic carboxylic acids is 1. The third-order valence-electron chi connectivity index (χ3n) is 5.60. The van der Waals surface area contributed by atoms with Crippen molar-refractivity contribution in [3.63, 3.8) is 0 Å². The van der Waals surface area contributed by atoms with Crippen LogP contribution in [0, 0.1) is 5.92 Å². The van der Waals surface area contributed by atoms with Crippen LogP contribution in [-0.2, 0) is 11.3 Å². The highest BCUT2D eigenvalue weighted by molar-refractivity contribution is 6.30. The second-order valence-electron chi connectivity index (χ2n) is 7.58. The Bertz CT molecular complexity index is 644. The van der Waals surface area contributed by atoms with Gasteiger partial charge in [-0.25, -0.2) is 4.79 Å². The molecule has 0 bridgehead atoms. The monoisotopic (exact) mass is 393 g/mol. The Hall–Kier alpha value is -1.79. The number of amides is 2. The first-order chi connectivity index (χ1) is 13.0. The molecule has 1 saturated heterocycles. The number of carboxylic acid groups (broad SMARTS) is 1. The van der Waals surface area contributed by atoms with Crippen LogP contribution in [0.3, 0.4) is 0 Å². The number of urea groups is 1. The van der Waals surface area contributed by atoms with Crippen LogP contribution in [0.5, 0.6) is 0 Å². The largest absolute Gasteiger partial charge is 0.481 e. The zero-order chi connectivity index (χ0) is 19.2. The van der Waals surface area contributed by atoms with Gasteiger partial charge >= 0.3 is 12.0 Å². The molecule has 0 atom stereocenters. The van der Waals surface area contributed by atoms with Gasteiger partial charge in [0, 0.05) is 43.8 Å². The van der Waals surface area contributed by atoms with E-state index in [2.05, 4.69) is 10.2 Å². The number of nitrogens with one attached hydrogen (secondary N) is 1. The van der Waals surface area contributed by atoms with Gasteiger partial charge in [0.15, 0.2) is 0 Å². The Morgan fingerprint density at radius 3 is 2.41 bits per heavy atom. The van der Waals surface area contributed by atoms with Crippen LogP contribution >= 0.6 is 11.6 Å². The number of hydrogen-bond donors (Lipinski definition) is 2. The maximum Gasteiger partial charge on any atom is 0.317 e. The van der Waals surface area contributed by atoms with Gasteiger partial charge in [0.25, 0.3) is 0 Å². The summed E-state index contributed by atoms with van der Waals surface area (Å²) >= 11 is 5.94. The number of benzene rings is 1. The highest BCUT2D eigenvalue weighted by Crippen LogP contribution is 2.24. The van der Waals surface area contributed by atoms with Crippen molar-refractivity contribution in [3.05, 3.63) is 34.9 Å². The third kappa shape index (κ3) is 5.84. The number of halogens is 1. The molecule has 2 aliphatic rings. The van der Waals surface area contributed by atoms with Gasteiger partial charge in [-0.3, -0.25) is 9.69 Å². The fourth-order valence-electron chi connectivity index (χ4n) is 3.93. The number of nitrogens with zero attached hydrogens (tertiary/aromatic N) is 2. The predicted molar refractivity (Wildman–Crippen MR) is 105 cm³/mol. The minimum atomic E-state index is -0.715. The minimum absolute atomic E-state index is 0.0119. The molecule has 1 aliphatic heterocycles. The summed E-state index contributed by atoms with van der Waals surface area (Å²) in [6.45, 7) is 4.15. The van der Waals surface area contributed by atoms with Crippen molar-refractivity contribution >= 4 is 23.6 Å². The Morgan fingerprint density at radius 2 is 1.74 bits per heavy atom. The van der Waals surface area contributed by atoms with Gasteiger partial charge in [0.1, 0.15) is 0 Å². The molecular formula is C20H28ClN3O3. The van der Waals surface area contributed by atoms with Gasteiger partial charge in [-0.1, -0.05) is 23.7 Å². The number of carboxylic acids is 1. The molecule has 2 fully saturated rings. The molecule has 1 saturated carbocycles. The van der Waals surface area contributed by atoms with Gasteiger partial charge in [-0.05, 0) is 49.8 Å². The Labute approximate surface area is 165 Å². The Morgan fingerprint density at radius 1 is 1.04 bits per heavy atom. The van der Waals surface area contributed by atoms with E-state index in [9.17, 15) is 9.59 Å². The SMILES string of the molecule is O=C(O)C1CCC(NC(=O)N2CCCN(Cc3ccc(Cl)cc3)CC2)CC1. The average Bonchev–Trinajstić information content (AvgIpc) is 2.90. The fraction of sp³-hybridized carbons (Fsp3) is 0.600. The molecule has 148 valence electrons. The van der Waals surface area contributed by atoms with Crippen molar-refractivity contribution in [2.75, 3.05) is 26.2 Å². The van der Waals surface area contributed by atoms with E-state index >= 15 is 0 Å². The molecule has 27 heavy (non-hydrogen) atoms. The molecule has 1 heterocycles. The Balaban J connectivity index is 1.44. The summed E-state index contributed by atoms with van der Waals surface area (Å²) in [6.07, 6.45) is 3.75. The normalized spacial score (nSPS) is 24.3. The number of carbonyl (C=O) groups excluding carboxylic acids is 1. The summed E-state index contributed by atoms with van der Waals surface area (Å²) in [5.41, 5.74) is 1.23. The van der Waals surface area contributed by atoms with Gasteiger partial charge in [-0.2, -0.15) is 0 Å². The summed E-state index contributed by atoms with van der Waals surface area (Å²) in [7, 11) is 0. The van der Waals surface area contributed by atoms with Crippen LogP contribution in [0.2, 0.25) is 5.02 Å². The molecule has 2 N–H and O–H groups in total. The third-order valence-corrected chi connectivity index (χ3v) is 5.85. The smallest absolute Gasteiger partial charge is 0.317 e. The van der Waals surface area contributed by atoms with Gasteiger partial charge in [0.05, 0.1) is 5.92 Å². The second-order valence-corrected chi connectivity index (χ2v) is 8.02. The lowest BCUT2D eigenvalue weighted by molar-refractivity contribution is -0.142. The van der Waals surface area contributed by atoms with Crippen LogP contribution in [0.15, 0.2) is 24.3 Å². The van der Waals surface area contributed by atoms with E-state index in [1.807, 2.05) is 29.2 Å². The number of carbonyl (C=O) groups is 2. The molecule has 7 heteroatoms. The van der Waals surface area contributed by atoms with Gasteiger partial charge in [0.2, 0.25) is 0 Å². The summed E-state index contributed by atoms with van der Waals surface area (Å²) < 4.78 is 0. The zero-order valence-electron chi connectivity index (χ0n) is 15.6. The number of hydrogen-bond acceptors (Lipinski definition) is 3. The molecular weight excluding hydrogens is 366 g/mol. The van der Waals surface area contributed by atoms with E-state index in [1.54, 1.807) is 0 Å². The number of rotatable bonds is 4. The first-order valence-electron chi connectivity index (χ1n) is 9.76. The molecule has 3 rings (SSSR count). The van der Waals surface area contributed by atoms with Crippen molar-refractivity contribution in [1.29, 1.82) is 0 Å². The summed E-state index contributed by atoms with van der Waals surface area (Å²) in [5.74, 6) is -0.967. The maximum absolute atomic E-state index is 12.6. The van der Waals surface area contributed by atoms with Crippen molar-refractivity contribution in [1.82, 2.24) is 15.1 Å². The van der Waals surface area contributed by atoms with Crippen molar-refractivity contribution < 1.29 is 14.7 Å². The summed E-state index contributed by atoms with van der Waals surface area (Å²) in [4.78, 5) is 27.9. The van der Waals surface area contributed by atoms with Crippen LogP contribution in [0.1, 0.15) is 37.7 Å². The molecule has 1 aliphatic carbocycles. The van der Waals surface area contributed by atoms with Crippen LogP contribution in [-0.4, -0.2) is 59.1 Å². The first kappa shape index (κ1) is 20.0. The molecule has 0 aromatic heterocycles. The minimum Gasteiger partial charge on any atom is -0.481 e. The maximum atomic E-state index is 12.6. The van der Waals surface area contributed by atoms with E-state index in [0.29, 0.717) is 19.4 Å². The Kier molecular flexibility index (Phi) is 6.96. The predicted octanol–water partition coefficient (Wildman–Crippen LogP) is 3.20. The van der Waals surface area contributed by atoms with E-state index in [1.165, 1.54) is 5.56 Å².